The first-order valence-electron chi connectivity index (χ1n) is 8.76. The van der Waals surface area contributed by atoms with Gasteiger partial charge in [-0.2, -0.15) is 4.98 Å². The SMILES string of the molecule is C=CCn1c(=O)c2c(nc3n2C[C@H](C)CN3c2ccc(Br)cc2)n(C)c1=O. The lowest BCUT2D eigenvalue weighted by Gasteiger charge is -2.33. The number of nitrogens with zero attached hydrogens (tertiary/aromatic N) is 5. The summed E-state index contributed by atoms with van der Waals surface area (Å²) in [7, 11) is 1.65. The first-order chi connectivity index (χ1) is 12.9. The highest BCUT2D eigenvalue weighted by atomic mass is 79.9. The summed E-state index contributed by atoms with van der Waals surface area (Å²) in [5, 5.41) is 0. The highest BCUT2D eigenvalue weighted by molar-refractivity contribution is 9.10. The molecule has 0 saturated carbocycles. The standard InChI is InChI=1S/C19H20BrN5O2/c1-4-9-23-17(26)15-16(22(3)19(23)27)21-18-24(10-12(2)11-25(15)18)14-7-5-13(20)6-8-14/h4-8,12H,1,9-11H2,2-3H3/t12-/m1/s1. The quantitative estimate of drug-likeness (QED) is 0.600. The highest BCUT2D eigenvalue weighted by Crippen LogP contribution is 2.33. The number of fused-ring (bicyclic) bond motifs is 3. The van der Waals surface area contributed by atoms with Crippen LogP contribution >= 0.6 is 15.9 Å². The van der Waals surface area contributed by atoms with Crippen molar-refractivity contribution in [1.29, 1.82) is 0 Å². The molecular weight excluding hydrogens is 410 g/mol. The minimum atomic E-state index is -0.383. The Labute approximate surface area is 164 Å². The molecule has 1 aromatic carbocycles. The third kappa shape index (κ3) is 2.75. The number of anilines is 2. The Kier molecular flexibility index (Phi) is 4.30. The Bertz CT molecular complexity index is 1160. The fourth-order valence-corrected chi connectivity index (χ4v) is 3.90. The molecule has 0 fully saturated rings. The van der Waals surface area contributed by atoms with Crippen molar-refractivity contribution in [3.63, 3.8) is 0 Å². The van der Waals surface area contributed by atoms with Gasteiger partial charge in [-0.05, 0) is 30.2 Å². The van der Waals surface area contributed by atoms with Crippen LogP contribution in [0.4, 0.5) is 11.6 Å². The van der Waals surface area contributed by atoms with E-state index in [0.29, 0.717) is 29.6 Å². The van der Waals surface area contributed by atoms with Gasteiger partial charge in [0, 0.05) is 36.8 Å². The van der Waals surface area contributed by atoms with Crippen molar-refractivity contribution in [3.8, 4) is 0 Å². The van der Waals surface area contributed by atoms with Gasteiger partial charge >= 0.3 is 5.69 Å². The summed E-state index contributed by atoms with van der Waals surface area (Å²) in [6, 6.07) is 7.99. The van der Waals surface area contributed by atoms with Crippen LogP contribution in [0.3, 0.4) is 0 Å². The van der Waals surface area contributed by atoms with Crippen molar-refractivity contribution in [2.24, 2.45) is 13.0 Å². The average Bonchev–Trinajstić information content (AvgIpc) is 3.03. The fraction of sp³-hybridized carbons (Fsp3) is 0.316. The second kappa shape index (κ2) is 6.53. The van der Waals surface area contributed by atoms with Crippen molar-refractivity contribution in [2.75, 3.05) is 11.4 Å². The van der Waals surface area contributed by atoms with Crippen molar-refractivity contribution >= 4 is 38.7 Å². The normalized spacial score (nSPS) is 16.6. The lowest BCUT2D eigenvalue weighted by atomic mass is 10.1. The third-order valence-corrected chi connectivity index (χ3v) is 5.42. The number of halogens is 1. The maximum absolute atomic E-state index is 13.0. The molecule has 7 nitrogen and oxygen atoms in total. The van der Waals surface area contributed by atoms with E-state index in [2.05, 4.69) is 34.3 Å². The summed E-state index contributed by atoms with van der Waals surface area (Å²) in [5.41, 5.74) is 1.17. The second-order valence-corrected chi connectivity index (χ2v) is 7.85. The smallest absolute Gasteiger partial charge is 0.312 e. The summed E-state index contributed by atoms with van der Waals surface area (Å²) in [6.07, 6.45) is 1.55. The summed E-state index contributed by atoms with van der Waals surface area (Å²) < 4.78 is 5.58. The number of rotatable bonds is 3. The molecule has 0 aliphatic carbocycles. The minimum Gasteiger partial charge on any atom is -0.312 e. The van der Waals surface area contributed by atoms with E-state index in [1.807, 2.05) is 28.8 Å². The molecule has 0 saturated heterocycles. The highest BCUT2D eigenvalue weighted by Gasteiger charge is 2.29. The number of aromatic nitrogens is 4. The Hall–Kier alpha value is -2.61. The van der Waals surface area contributed by atoms with Gasteiger partial charge in [-0.3, -0.25) is 13.9 Å². The van der Waals surface area contributed by atoms with Gasteiger partial charge in [-0.1, -0.05) is 28.9 Å². The van der Waals surface area contributed by atoms with Crippen molar-refractivity contribution in [1.82, 2.24) is 18.7 Å². The van der Waals surface area contributed by atoms with E-state index in [4.69, 9.17) is 4.98 Å². The van der Waals surface area contributed by atoms with E-state index in [-0.39, 0.29) is 17.8 Å². The Morgan fingerprint density at radius 3 is 2.63 bits per heavy atom. The molecule has 2 aromatic heterocycles. The first-order valence-corrected chi connectivity index (χ1v) is 9.55. The second-order valence-electron chi connectivity index (χ2n) is 6.93. The number of allylic oxidation sites excluding steroid dienone is 1. The van der Waals surface area contributed by atoms with Gasteiger partial charge in [-0.15, -0.1) is 6.58 Å². The van der Waals surface area contributed by atoms with Crippen LogP contribution in [0.15, 0.2) is 51.0 Å². The summed E-state index contributed by atoms with van der Waals surface area (Å²) >= 11 is 3.46. The van der Waals surface area contributed by atoms with E-state index in [9.17, 15) is 9.59 Å². The lowest BCUT2D eigenvalue weighted by Crippen LogP contribution is -2.40. The zero-order valence-electron chi connectivity index (χ0n) is 15.2. The molecule has 4 rings (SSSR count). The van der Waals surface area contributed by atoms with Gasteiger partial charge < -0.3 is 9.47 Å². The Morgan fingerprint density at radius 1 is 1.26 bits per heavy atom. The molecule has 8 heteroatoms. The van der Waals surface area contributed by atoms with Crippen LogP contribution in [-0.4, -0.2) is 25.2 Å². The molecule has 0 unspecified atom stereocenters. The Balaban J connectivity index is 2.02. The Morgan fingerprint density at radius 2 is 1.96 bits per heavy atom. The minimum absolute atomic E-state index is 0.175. The van der Waals surface area contributed by atoms with Crippen LogP contribution in [0.25, 0.3) is 11.2 Å². The fourth-order valence-electron chi connectivity index (χ4n) is 3.63. The van der Waals surface area contributed by atoms with Crippen LogP contribution in [0.1, 0.15) is 6.92 Å². The zero-order chi connectivity index (χ0) is 19.3. The summed E-state index contributed by atoms with van der Waals surface area (Å²) in [6.45, 7) is 7.44. The zero-order valence-corrected chi connectivity index (χ0v) is 16.8. The van der Waals surface area contributed by atoms with Gasteiger partial charge in [0.1, 0.15) is 0 Å². The molecule has 0 N–H and O–H groups in total. The van der Waals surface area contributed by atoms with E-state index in [0.717, 1.165) is 16.7 Å². The monoisotopic (exact) mass is 429 g/mol. The van der Waals surface area contributed by atoms with Crippen LogP contribution in [-0.2, 0) is 20.1 Å². The molecule has 0 radical (unpaired) electrons. The number of hydrogen-bond acceptors (Lipinski definition) is 4. The molecule has 3 aromatic rings. The predicted octanol–water partition coefficient (Wildman–Crippen LogP) is 2.63. The molecule has 140 valence electrons. The van der Waals surface area contributed by atoms with Gasteiger partial charge in [0.2, 0.25) is 5.95 Å². The van der Waals surface area contributed by atoms with Gasteiger partial charge in [-0.25, -0.2) is 4.79 Å². The molecule has 0 amide bonds. The topological polar surface area (TPSA) is 65.1 Å². The molecule has 27 heavy (non-hydrogen) atoms. The van der Waals surface area contributed by atoms with Gasteiger partial charge in [0.25, 0.3) is 5.56 Å². The molecular formula is C19H20BrN5O2. The summed E-state index contributed by atoms with van der Waals surface area (Å²) in [4.78, 5) is 32.4. The molecule has 1 aliphatic heterocycles. The molecule has 0 bridgehead atoms. The average molecular weight is 430 g/mol. The summed E-state index contributed by atoms with van der Waals surface area (Å²) in [5.74, 6) is 1.01. The maximum atomic E-state index is 13.0. The number of benzene rings is 1. The van der Waals surface area contributed by atoms with Crippen molar-refractivity contribution in [2.45, 2.75) is 20.0 Å². The van der Waals surface area contributed by atoms with E-state index >= 15 is 0 Å². The van der Waals surface area contributed by atoms with Crippen LogP contribution in [0, 0.1) is 5.92 Å². The van der Waals surface area contributed by atoms with E-state index in [1.165, 1.54) is 9.13 Å². The van der Waals surface area contributed by atoms with Gasteiger partial charge in [0.15, 0.2) is 11.2 Å². The maximum Gasteiger partial charge on any atom is 0.332 e. The number of hydrogen-bond donors (Lipinski definition) is 0. The lowest BCUT2D eigenvalue weighted by molar-refractivity contribution is 0.458. The van der Waals surface area contributed by atoms with Crippen molar-refractivity contribution in [3.05, 3.63) is 62.2 Å². The number of imidazole rings is 1. The van der Waals surface area contributed by atoms with E-state index in [1.54, 1.807) is 13.1 Å². The van der Waals surface area contributed by atoms with Crippen LogP contribution < -0.4 is 16.1 Å². The van der Waals surface area contributed by atoms with Crippen LogP contribution in [0.5, 0.6) is 0 Å². The van der Waals surface area contributed by atoms with Gasteiger partial charge in [0.05, 0.1) is 0 Å². The van der Waals surface area contributed by atoms with E-state index < -0.39 is 0 Å². The van der Waals surface area contributed by atoms with Crippen LogP contribution in [0.2, 0.25) is 0 Å². The molecule has 1 aliphatic rings. The number of aryl methyl sites for hydroxylation is 1. The predicted molar refractivity (Wildman–Crippen MR) is 110 cm³/mol. The first kappa shape index (κ1) is 17.8. The third-order valence-electron chi connectivity index (χ3n) is 4.89. The largest absolute Gasteiger partial charge is 0.332 e. The molecule has 1 atom stereocenters. The molecule has 0 spiro atoms. The molecule has 3 heterocycles. The van der Waals surface area contributed by atoms with Crippen molar-refractivity contribution < 1.29 is 0 Å².